The monoisotopic (exact) mass is 487 g/mol. The number of rotatable bonds is 6. The second-order valence-corrected chi connectivity index (χ2v) is 8.80. The molecule has 154 valence electrons. The predicted molar refractivity (Wildman–Crippen MR) is 118 cm³/mol. The largest absolute Gasteiger partial charge is 0.343 e. The molecule has 0 aromatic heterocycles. The number of nitrogens with one attached hydrogen (secondary N) is 2. The Balaban J connectivity index is 1.64. The second kappa shape index (κ2) is 9.21. The molecule has 3 rings (SSSR count). The lowest BCUT2D eigenvalue weighted by Gasteiger charge is -2.09. The van der Waals surface area contributed by atoms with Crippen molar-refractivity contribution in [2.75, 3.05) is 11.9 Å². The van der Waals surface area contributed by atoms with E-state index in [0.717, 1.165) is 4.47 Å². The normalized spacial score (nSPS) is 11.0. The van der Waals surface area contributed by atoms with Crippen molar-refractivity contribution in [2.45, 2.75) is 4.90 Å². The maximum Gasteiger partial charge on any atom is 0.251 e. The van der Waals surface area contributed by atoms with E-state index < -0.39 is 15.9 Å². The Morgan fingerprint density at radius 2 is 1.53 bits per heavy atom. The van der Waals surface area contributed by atoms with Crippen molar-refractivity contribution >= 4 is 43.5 Å². The van der Waals surface area contributed by atoms with Crippen LogP contribution >= 0.6 is 15.9 Å². The highest BCUT2D eigenvalue weighted by molar-refractivity contribution is 9.10. The zero-order valence-electron chi connectivity index (χ0n) is 15.6. The summed E-state index contributed by atoms with van der Waals surface area (Å²) in [6.07, 6.45) is 0. The van der Waals surface area contributed by atoms with Gasteiger partial charge in [0.25, 0.3) is 5.91 Å². The van der Waals surface area contributed by atoms with E-state index in [1.165, 1.54) is 6.07 Å². The highest BCUT2D eigenvalue weighted by Gasteiger charge is 2.15. The van der Waals surface area contributed by atoms with Crippen molar-refractivity contribution < 1.29 is 18.0 Å². The Bertz CT molecular complexity index is 1180. The maximum atomic E-state index is 12.3. The fourth-order valence-corrected chi connectivity index (χ4v) is 3.78. The fourth-order valence-electron chi connectivity index (χ4n) is 2.76. The lowest BCUT2D eigenvalue weighted by Crippen LogP contribution is -2.32. The van der Waals surface area contributed by atoms with Gasteiger partial charge in [0.05, 0.1) is 11.4 Å². The molecule has 4 N–H and O–H groups in total. The number of halogens is 1. The van der Waals surface area contributed by atoms with Gasteiger partial charge in [0.1, 0.15) is 0 Å². The van der Waals surface area contributed by atoms with E-state index in [9.17, 15) is 18.0 Å². The first-order valence-corrected chi connectivity index (χ1v) is 11.1. The number of carbonyl (C=O) groups is 2. The first-order chi connectivity index (χ1) is 14.2. The number of sulfonamides is 1. The van der Waals surface area contributed by atoms with E-state index in [4.69, 9.17) is 5.14 Å². The summed E-state index contributed by atoms with van der Waals surface area (Å²) in [7, 11) is -3.88. The van der Waals surface area contributed by atoms with Crippen molar-refractivity contribution in [1.29, 1.82) is 0 Å². The molecule has 0 heterocycles. The van der Waals surface area contributed by atoms with Crippen LogP contribution in [-0.4, -0.2) is 26.8 Å². The average Bonchev–Trinajstić information content (AvgIpc) is 2.73. The highest BCUT2D eigenvalue weighted by atomic mass is 79.9. The van der Waals surface area contributed by atoms with E-state index in [2.05, 4.69) is 26.6 Å². The number of hydrogen-bond donors (Lipinski definition) is 3. The van der Waals surface area contributed by atoms with Gasteiger partial charge in [-0.1, -0.05) is 46.3 Å². The van der Waals surface area contributed by atoms with Crippen LogP contribution in [0.5, 0.6) is 0 Å². The van der Waals surface area contributed by atoms with Crippen LogP contribution in [-0.2, 0) is 14.8 Å². The van der Waals surface area contributed by atoms with Crippen LogP contribution in [0.3, 0.4) is 0 Å². The van der Waals surface area contributed by atoms with E-state index in [1.807, 2.05) is 0 Å². The molecular formula is C21H18BrN3O4S. The van der Waals surface area contributed by atoms with Gasteiger partial charge in [-0.25, -0.2) is 13.6 Å². The summed E-state index contributed by atoms with van der Waals surface area (Å²) in [5.41, 5.74) is 2.00. The van der Waals surface area contributed by atoms with Gasteiger partial charge in [0.15, 0.2) is 0 Å². The molecule has 0 unspecified atom stereocenters. The van der Waals surface area contributed by atoms with Crippen LogP contribution in [0.15, 0.2) is 82.2 Å². The predicted octanol–water partition coefficient (Wildman–Crippen LogP) is 3.13. The molecule has 2 amide bonds. The Labute approximate surface area is 182 Å². The van der Waals surface area contributed by atoms with Crippen LogP contribution in [0.25, 0.3) is 11.1 Å². The molecular weight excluding hydrogens is 470 g/mol. The molecule has 3 aromatic carbocycles. The molecule has 0 saturated carbocycles. The topological polar surface area (TPSA) is 118 Å². The molecule has 30 heavy (non-hydrogen) atoms. The van der Waals surface area contributed by atoms with E-state index >= 15 is 0 Å². The molecule has 0 saturated heterocycles. The Kier molecular flexibility index (Phi) is 6.66. The number of benzene rings is 3. The number of amides is 2. The molecule has 0 atom stereocenters. The third kappa shape index (κ3) is 5.53. The third-order valence-corrected chi connectivity index (χ3v) is 5.69. The van der Waals surface area contributed by atoms with Gasteiger partial charge in [0.2, 0.25) is 15.9 Å². The van der Waals surface area contributed by atoms with Gasteiger partial charge >= 0.3 is 0 Å². The molecule has 0 aliphatic heterocycles. The number of primary sulfonamides is 1. The van der Waals surface area contributed by atoms with Crippen LogP contribution in [0.2, 0.25) is 0 Å². The van der Waals surface area contributed by atoms with Gasteiger partial charge in [-0.2, -0.15) is 0 Å². The summed E-state index contributed by atoms with van der Waals surface area (Å²) in [6.45, 7) is -0.190. The summed E-state index contributed by atoms with van der Waals surface area (Å²) in [6, 6.07) is 19.8. The highest BCUT2D eigenvalue weighted by Crippen LogP contribution is 2.26. The average molecular weight is 488 g/mol. The Morgan fingerprint density at radius 3 is 2.17 bits per heavy atom. The minimum Gasteiger partial charge on any atom is -0.343 e. The van der Waals surface area contributed by atoms with E-state index in [0.29, 0.717) is 22.4 Å². The van der Waals surface area contributed by atoms with E-state index in [1.54, 1.807) is 66.7 Å². The van der Waals surface area contributed by atoms with Crippen LogP contribution in [0, 0.1) is 0 Å². The Morgan fingerprint density at radius 1 is 0.900 bits per heavy atom. The smallest absolute Gasteiger partial charge is 0.251 e. The number of hydrogen-bond acceptors (Lipinski definition) is 4. The first-order valence-electron chi connectivity index (χ1n) is 8.80. The van der Waals surface area contributed by atoms with Crippen molar-refractivity contribution in [3.8, 4) is 11.1 Å². The molecule has 0 aliphatic carbocycles. The van der Waals surface area contributed by atoms with Gasteiger partial charge in [0, 0.05) is 21.3 Å². The minimum absolute atomic E-state index is 0.00631. The minimum atomic E-state index is -3.88. The van der Waals surface area contributed by atoms with Gasteiger partial charge < -0.3 is 10.6 Å². The number of carbonyl (C=O) groups excluding carboxylic acids is 2. The van der Waals surface area contributed by atoms with Crippen LogP contribution < -0.4 is 15.8 Å². The Hall–Kier alpha value is -3.01. The van der Waals surface area contributed by atoms with Gasteiger partial charge in [-0.05, 0) is 48.0 Å². The van der Waals surface area contributed by atoms with Crippen molar-refractivity contribution in [3.63, 3.8) is 0 Å². The zero-order chi connectivity index (χ0) is 21.7. The van der Waals surface area contributed by atoms with Gasteiger partial charge in [-0.3, -0.25) is 9.59 Å². The quantitative estimate of drug-likeness (QED) is 0.494. The van der Waals surface area contributed by atoms with Crippen molar-refractivity contribution in [2.24, 2.45) is 5.14 Å². The maximum absolute atomic E-state index is 12.3. The third-order valence-electron chi connectivity index (χ3n) is 4.19. The molecule has 0 fully saturated rings. The van der Waals surface area contributed by atoms with Gasteiger partial charge in [-0.15, -0.1) is 0 Å². The molecule has 3 aromatic rings. The lowest BCUT2D eigenvalue weighted by molar-refractivity contribution is -0.115. The van der Waals surface area contributed by atoms with Crippen LogP contribution in [0.1, 0.15) is 10.4 Å². The summed E-state index contributed by atoms with van der Waals surface area (Å²) in [4.78, 5) is 24.3. The molecule has 9 heteroatoms. The first kappa shape index (κ1) is 21.7. The van der Waals surface area contributed by atoms with Crippen molar-refractivity contribution in [3.05, 3.63) is 82.8 Å². The SMILES string of the molecule is NS(=O)(=O)c1ccccc1-c1ccc(C(=O)NCC(=O)Nc2ccc(Br)cc2)cc1. The zero-order valence-corrected chi connectivity index (χ0v) is 18.0. The molecule has 0 aliphatic rings. The summed E-state index contributed by atoms with van der Waals surface area (Å²) < 4.78 is 24.4. The molecule has 0 spiro atoms. The summed E-state index contributed by atoms with van der Waals surface area (Å²) in [5, 5.41) is 10.5. The fraction of sp³-hybridized carbons (Fsp3) is 0.0476. The van der Waals surface area contributed by atoms with Crippen molar-refractivity contribution in [1.82, 2.24) is 5.32 Å². The lowest BCUT2D eigenvalue weighted by atomic mass is 10.0. The van der Waals surface area contributed by atoms with Crippen LogP contribution in [0.4, 0.5) is 5.69 Å². The number of nitrogens with two attached hydrogens (primary N) is 1. The standard InChI is InChI=1S/C21H18BrN3O4S/c22-16-9-11-17(12-10-16)25-20(26)13-24-21(27)15-7-5-14(6-8-15)18-3-1-2-4-19(18)30(23,28)29/h1-12H,13H2,(H,24,27)(H,25,26)(H2,23,28,29). The molecule has 0 bridgehead atoms. The molecule has 7 nitrogen and oxygen atoms in total. The number of anilines is 1. The second-order valence-electron chi connectivity index (χ2n) is 6.36. The summed E-state index contributed by atoms with van der Waals surface area (Å²) >= 11 is 3.32. The molecule has 0 radical (unpaired) electrons. The summed E-state index contributed by atoms with van der Waals surface area (Å²) in [5.74, 6) is -0.781. The van der Waals surface area contributed by atoms with E-state index in [-0.39, 0.29) is 17.3 Å².